The van der Waals surface area contributed by atoms with Crippen LogP contribution in [-0.4, -0.2) is 8.07 Å². The Bertz CT molecular complexity index is 710. The Morgan fingerprint density at radius 3 is 2.18 bits per heavy atom. The van der Waals surface area contributed by atoms with E-state index in [0.29, 0.717) is 0 Å². The zero-order valence-electron chi connectivity index (χ0n) is 14.7. The number of pyridine rings is 1. The smallest absolute Gasteiger partial charge is 0.201 e. The van der Waals surface area contributed by atoms with Gasteiger partial charge in [-0.1, -0.05) is 31.8 Å². The van der Waals surface area contributed by atoms with Crippen LogP contribution in [0.2, 0.25) is 19.6 Å². The van der Waals surface area contributed by atoms with Crippen LogP contribution in [-0.2, 0) is 19.9 Å². The molecule has 1 aromatic heterocycles. The molecule has 0 bridgehead atoms. The van der Waals surface area contributed by atoms with Gasteiger partial charge < -0.3 is 0 Å². The average Bonchev–Trinajstić information content (AvgIpc) is 2.46. The molecule has 0 saturated heterocycles. The van der Waals surface area contributed by atoms with E-state index in [1.165, 1.54) is 47.7 Å². The molecule has 1 aliphatic carbocycles. The summed E-state index contributed by atoms with van der Waals surface area (Å²) in [7, 11) is 0.946. The zero-order valence-corrected chi connectivity index (χ0v) is 15.7. The molecular weight excluding hydrogens is 282 g/mol. The van der Waals surface area contributed by atoms with Crippen LogP contribution in [0.5, 0.6) is 0 Å². The maximum atomic E-state index is 2.45. The van der Waals surface area contributed by atoms with Crippen LogP contribution in [0, 0.1) is 6.92 Å². The summed E-state index contributed by atoms with van der Waals surface area (Å²) in [5.41, 5.74) is 7.31. The molecular formula is C20H28NSi+. The van der Waals surface area contributed by atoms with Crippen molar-refractivity contribution in [2.45, 2.75) is 52.2 Å². The summed E-state index contributed by atoms with van der Waals surface area (Å²) in [6.45, 7) is 9.49. The highest BCUT2D eigenvalue weighted by molar-refractivity contribution is 6.88. The molecule has 0 N–H and O–H groups in total. The Labute approximate surface area is 136 Å². The number of rotatable bonds is 2. The highest BCUT2D eigenvalue weighted by Crippen LogP contribution is 2.29. The van der Waals surface area contributed by atoms with Gasteiger partial charge in [-0.3, -0.25) is 0 Å². The molecule has 3 rings (SSSR count). The van der Waals surface area contributed by atoms with Crippen LogP contribution < -0.4 is 9.75 Å². The molecule has 116 valence electrons. The van der Waals surface area contributed by atoms with Crippen molar-refractivity contribution in [1.82, 2.24) is 0 Å². The molecule has 0 spiro atoms. The molecule has 1 heterocycles. The van der Waals surface area contributed by atoms with Gasteiger partial charge >= 0.3 is 0 Å². The van der Waals surface area contributed by atoms with Crippen molar-refractivity contribution < 1.29 is 4.57 Å². The minimum absolute atomic E-state index is 1.25. The third-order valence-electron chi connectivity index (χ3n) is 4.96. The summed E-state index contributed by atoms with van der Waals surface area (Å²) in [6, 6.07) is 9.55. The highest BCUT2D eigenvalue weighted by Gasteiger charge is 2.22. The first kappa shape index (κ1) is 15.5. The molecule has 1 nitrogen and oxygen atoms in total. The largest absolute Gasteiger partial charge is 0.212 e. The predicted molar refractivity (Wildman–Crippen MR) is 97.4 cm³/mol. The van der Waals surface area contributed by atoms with Crippen molar-refractivity contribution in [2.75, 3.05) is 0 Å². The molecule has 0 aliphatic heterocycles. The molecule has 1 aliphatic rings. The van der Waals surface area contributed by atoms with E-state index in [9.17, 15) is 0 Å². The van der Waals surface area contributed by atoms with Crippen molar-refractivity contribution in [1.29, 1.82) is 0 Å². The topological polar surface area (TPSA) is 3.88 Å². The standard InChI is InChI=1S/C20H28NSi/c1-15-12-16-8-6-7-9-17(16)13-19(15)20-11-10-18(14-21(20)2)22(3,4)5/h10-14H,6-9H2,1-5H3/q+1. The van der Waals surface area contributed by atoms with Gasteiger partial charge in [0, 0.05) is 16.8 Å². The highest BCUT2D eigenvalue weighted by atomic mass is 28.3. The molecule has 0 unspecified atom stereocenters. The Balaban J connectivity index is 2.08. The van der Waals surface area contributed by atoms with E-state index in [2.05, 4.69) is 68.6 Å². The summed E-state index contributed by atoms with van der Waals surface area (Å²) in [5.74, 6) is 0. The fourth-order valence-corrected chi connectivity index (χ4v) is 4.68. The van der Waals surface area contributed by atoms with Crippen LogP contribution in [0.25, 0.3) is 11.3 Å². The molecule has 0 amide bonds. The maximum absolute atomic E-state index is 2.45. The summed E-state index contributed by atoms with van der Waals surface area (Å²) in [5, 5.41) is 1.52. The maximum Gasteiger partial charge on any atom is 0.212 e. The van der Waals surface area contributed by atoms with Crippen LogP contribution >= 0.6 is 0 Å². The molecule has 2 heteroatoms. The van der Waals surface area contributed by atoms with Crippen LogP contribution in [0.15, 0.2) is 30.5 Å². The second-order valence-corrected chi connectivity index (χ2v) is 12.9. The van der Waals surface area contributed by atoms with E-state index in [1.807, 2.05) is 0 Å². The Morgan fingerprint density at radius 1 is 0.955 bits per heavy atom. The Kier molecular flexibility index (Phi) is 3.98. The summed E-state index contributed by atoms with van der Waals surface area (Å²) < 4.78 is 2.32. The molecule has 0 atom stereocenters. The monoisotopic (exact) mass is 310 g/mol. The number of hydrogen-bond acceptors (Lipinski definition) is 0. The van der Waals surface area contributed by atoms with E-state index in [-0.39, 0.29) is 0 Å². The third-order valence-corrected chi connectivity index (χ3v) is 6.99. The zero-order chi connectivity index (χ0) is 15.9. The molecule has 0 fully saturated rings. The first-order valence-electron chi connectivity index (χ1n) is 8.49. The quantitative estimate of drug-likeness (QED) is 0.585. The van der Waals surface area contributed by atoms with Gasteiger partial charge in [0.05, 0.1) is 8.07 Å². The SMILES string of the molecule is Cc1cc2c(cc1-c1ccc([Si](C)(C)C)c[n+]1C)CCCC2. The van der Waals surface area contributed by atoms with E-state index >= 15 is 0 Å². The third kappa shape index (κ3) is 2.89. The Hall–Kier alpha value is -1.41. The number of aryl methyl sites for hydroxylation is 4. The van der Waals surface area contributed by atoms with Crippen molar-refractivity contribution in [3.63, 3.8) is 0 Å². The van der Waals surface area contributed by atoms with Crippen molar-refractivity contribution in [2.24, 2.45) is 7.05 Å². The number of hydrogen-bond donors (Lipinski definition) is 0. The van der Waals surface area contributed by atoms with Crippen molar-refractivity contribution in [3.05, 3.63) is 47.2 Å². The van der Waals surface area contributed by atoms with Crippen LogP contribution in [0.1, 0.15) is 29.5 Å². The lowest BCUT2D eigenvalue weighted by atomic mass is 9.87. The van der Waals surface area contributed by atoms with E-state index in [1.54, 1.807) is 11.1 Å². The van der Waals surface area contributed by atoms with Gasteiger partial charge in [-0.05, 0) is 55.4 Å². The minimum atomic E-state index is -1.25. The van der Waals surface area contributed by atoms with Gasteiger partial charge in [0.2, 0.25) is 5.69 Å². The number of aromatic nitrogens is 1. The van der Waals surface area contributed by atoms with E-state index in [0.717, 1.165) is 0 Å². The van der Waals surface area contributed by atoms with Crippen molar-refractivity contribution in [3.8, 4) is 11.3 Å². The fraction of sp³-hybridized carbons (Fsp3) is 0.450. The van der Waals surface area contributed by atoms with E-state index in [4.69, 9.17) is 0 Å². The second kappa shape index (κ2) is 5.66. The number of fused-ring (bicyclic) bond motifs is 1. The van der Waals surface area contributed by atoms with Gasteiger partial charge in [-0.15, -0.1) is 0 Å². The molecule has 0 radical (unpaired) electrons. The lowest BCUT2D eigenvalue weighted by Crippen LogP contribution is -2.45. The van der Waals surface area contributed by atoms with Crippen LogP contribution in [0.4, 0.5) is 0 Å². The van der Waals surface area contributed by atoms with Gasteiger partial charge in [-0.2, -0.15) is 0 Å². The molecule has 0 saturated carbocycles. The first-order valence-corrected chi connectivity index (χ1v) is 12.0. The Morgan fingerprint density at radius 2 is 1.59 bits per heavy atom. The summed E-state index contributed by atoms with van der Waals surface area (Å²) >= 11 is 0. The first-order chi connectivity index (χ1) is 10.4. The second-order valence-electron chi connectivity index (χ2n) is 7.81. The predicted octanol–water partition coefficient (Wildman–Crippen LogP) is 3.91. The number of nitrogens with zero attached hydrogens (tertiary/aromatic N) is 1. The molecule has 22 heavy (non-hydrogen) atoms. The molecule has 1 aromatic carbocycles. The van der Waals surface area contributed by atoms with Gasteiger partial charge in [0.25, 0.3) is 0 Å². The van der Waals surface area contributed by atoms with Crippen LogP contribution in [0.3, 0.4) is 0 Å². The van der Waals surface area contributed by atoms with Gasteiger partial charge in [0.1, 0.15) is 7.05 Å². The van der Waals surface area contributed by atoms with Crippen molar-refractivity contribution >= 4 is 13.3 Å². The normalized spacial score (nSPS) is 14.8. The summed E-state index contributed by atoms with van der Waals surface area (Å²) in [4.78, 5) is 0. The summed E-state index contributed by atoms with van der Waals surface area (Å²) in [6.07, 6.45) is 7.55. The van der Waals surface area contributed by atoms with Gasteiger partial charge in [0.15, 0.2) is 6.20 Å². The fourth-order valence-electron chi connectivity index (χ4n) is 3.52. The number of benzene rings is 1. The average molecular weight is 311 g/mol. The molecule has 2 aromatic rings. The lowest BCUT2D eigenvalue weighted by Gasteiger charge is -2.19. The van der Waals surface area contributed by atoms with Gasteiger partial charge in [-0.25, -0.2) is 4.57 Å². The van der Waals surface area contributed by atoms with E-state index < -0.39 is 8.07 Å². The minimum Gasteiger partial charge on any atom is -0.201 e. The lowest BCUT2D eigenvalue weighted by molar-refractivity contribution is -0.659.